The van der Waals surface area contributed by atoms with Crippen molar-refractivity contribution in [1.82, 2.24) is 9.97 Å². The van der Waals surface area contributed by atoms with Crippen molar-refractivity contribution in [3.05, 3.63) is 11.9 Å². The van der Waals surface area contributed by atoms with Crippen LogP contribution in [0.2, 0.25) is 0 Å². The van der Waals surface area contributed by atoms with E-state index in [4.69, 9.17) is 0 Å². The number of sulfone groups is 1. The molecule has 1 fully saturated rings. The Balaban J connectivity index is 2.29. The van der Waals surface area contributed by atoms with Crippen LogP contribution in [-0.2, 0) is 16.3 Å². The van der Waals surface area contributed by atoms with Crippen molar-refractivity contribution in [2.24, 2.45) is 0 Å². The van der Waals surface area contributed by atoms with Crippen LogP contribution in [0.4, 0.5) is 11.6 Å². The fraction of sp³-hybridized carbons (Fsp3) is 0.714. The van der Waals surface area contributed by atoms with E-state index in [9.17, 15) is 8.42 Å². The summed E-state index contributed by atoms with van der Waals surface area (Å²) in [5, 5.41) is 3.22. The number of nitrogens with one attached hydrogen (secondary N) is 1. The fourth-order valence-corrected chi connectivity index (χ4v) is 4.13. The predicted molar refractivity (Wildman–Crippen MR) is 85.7 cm³/mol. The lowest BCUT2D eigenvalue weighted by Crippen LogP contribution is -2.47. The molecule has 0 amide bonds. The molecule has 1 aliphatic rings. The van der Waals surface area contributed by atoms with E-state index in [1.165, 1.54) is 0 Å². The molecule has 1 unspecified atom stereocenters. The third-order valence-corrected chi connectivity index (χ3v) is 5.35. The van der Waals surface area contributed by atoms with Crippen molar-refractivity contribution in [3.63, 3.8) is 0 Å². The molecular formula is C14H24N4O2S. The Labute approximate surface area is 126 Å². The number of aromatic nitrogens is 2. The zero-order chi connectivity index (χ0) is 15.5. The van der Waals surface area contributed by atoms with Crippen LogP contribution in [0.1, 0.15) is 33.0 Å². The zero-order valence-corrected chi connectivity index (χ0v) is 13.8. The Hall–Kier alpha value is -1.37. The summed E-state index contributed by atoms with van der Waals surface area (Å²) >= 11 is 0. The van der Waals surface area contributed by atoms with Gasteiger partial charge in [-0.1, -0.05) is 6.92 Å². The molecule has 2 rings (SSSR count). The van der Waals surface area contributed by atoms with Gasteiger partial charge in [0.1, 0.15) is 17.5 Å². The molecule has 1 aromatic rings. The van der Waals surface area contributed by atoms with Crippen molar-refractivity contribution in [1.29, 1.82) is 0 Å². The van der Waals surface area contributed by atoms with E-state index in [1.807, 2.05) is 19.9 Å². The number of hydrogen-bond acceptors (Lipinski definition) is 6. The molecule has 1 N–H and O–H groups in total. The first kappa shape index (κ1) is 16.0. The Kier molecular flexibility index (Phi) is 5.03. The maximum Gasteiger partial charge on any atom is 0.154 e. The van der Waals surface area contributed by atoms with Gasteiger partial charge in [-0.05, 0) is 20.3 Å². The Morgan fingerprint density at radius 3 is 2.76 bits per heavy atom. The maximum absolute atomic E-state index is 11.7. The normalized spacial score (nSPS) is 21.3. The zero-order valence-electron chi connectivity index (χ0n) is 13.0. The van der Waals surface area contributed by atoms with Gasteiger partial charge in [0.25, 0.3) is 0 Å². The Morgan fingerprint density at radius 1 is 1.38 bits per heavy atom. The SMILES string of the molecule is CCCc1nc(NCC)cc(N2CCS(=O)(=O)CC2C)n1. The third-order valence-electron chi connectivity index (χ3n) is 3.56. The van der Waals surface area contributed by atoms with Crippen LogP contribution < -0.4 is 10.2 Å². The van der Waals surface area contributed by atoms with Crippen LogP contribution in [0.3, 0.4) is 0 Å². The molecule has 0 aliphatic carbocycles. The second-order valence-electron chi connectivity index (χ2n) is 5.46. The lowest BCUT2D eigenvalue weighted by molar-refractivity contribution is 0.566. The molecule has 7 heteroatoms. The Morgan fingerprint density at radius 2 is 2.14 bits per heavy atom. The molecule has 1 aliphatic heterocycles. The highest BCUT2D eigenvalue weighted by molar-refractivity contribution is 7.91. The van der Waals surface area contributed by atoms with Gasteiger partial charge in [-0.2, -0.15) is 0 Å². The summed E-state index contributed by atoms with van der Waals surface area (Å²) in [6, 6.07) is 1.86. The summed E-state index contributed by atoms with van der Waals surface area (Å²) in [4.78, 5) is 11.2. The lowest BCUT2D eigenvalue weighted by Gasteiger charge is -2.34. The average molecular weight is 312 g/mol. The van der Waals surface area contributed by atoms with Gasteiger partial charge in [0.2, 0.25) is 0 Å². The van der Waals surface area contributed by atoms with Gasteiger partial charge in [-0.3, -0.25) is 0 Å². The first-order valence-corrected chi connectivity index (χ1v) is 9.36. The number of hydrogen-bond donors (Lipinski definition) is 1. The summed E-state index contributed by atoms with van der Waals surface area (Å²) in [5.74, 6) is 2.84. The van der Waals surface area contributed by atoms with Crippen molar-refractivity contribution < 1.29 is 8.42 Å². The molecule has 0 aromatic carbocycles. The second kappa shape index (κ2) is 6.60. The molecule has 21 heavy (non-hydrogen) atoms. The highest BCUT2D eigenvalue weighted by Crippen LogP contribution is 2.22. The maximum atomic E-state index is 11.7. The lowest BCUT2D eigenvalue weighted by atomic mass is 10.3. The number of nitrogens with zero attached hydrogens (tertiary/aromatic N) is 3. The number of aryl methyl sites for hydroxylation is 1. The number of rotatable bonds is 5. The van der Waals surface area contributed by atoms with E-state index in [-0.39, 0.29) is 17.5 Å². The van der Waals surface area contributed by atoms with Crippen molar-refractivity contribution in [2.75, 3.05) is 34.8 Å². The summed E-state index contributed by atoms with van der Waals surface area (Å²) in [5.41, 5.74) is 0. The van der Waals surface area contributed by atoms with Gasteiger partial charge in [0.05, 0.1) is 11.5 Å². The van der Waals surface area contributed by atoms with Gasteiger partial charge >= 0.3 is 0 Å². The van der Waals surface area contributed by atoms with Crippen LogP contribution in [0.15, 0.2) is 6.07 Å². The predicted octanol–water partition coefficient (Wildman–Crippen LogP) is 1.48. The molecule has 0 spiro atoms. The molecule has 1 atom stereocenters. The summed E-state index contributed by atoms with van der Waals surface area (Å²) in [6.45, 7) is 7.35. The van der Waals surface area contributed by atoms with Crippen molar-refractivity contribution in [3.8, 4) is 0 Å². The largest absolute Gasteiger partial charge is 0.370 e. The summed E-state index contributed by atoms with van der Waals surface area (Å²) in [7, 11) is -2.91. The minimum absolute atomic E-state index is 0.0531. The minimum Gasteiger partial charge on any atom is -0.370 e. The molecule has 1 saturated heterocycles. The molecule has 0 radical (unpaired) electrons. The molecule has 2 heterocycles. The highest BCUT2D eigenvalue weighted by Gasteiger charge is 2.29. The van der Waals surface area contributed by atoms with Crippen LogP contribution in [0.5, 0.6) is 0 Å². The van der Waals surface area contributed by atoms with Gasteiger partial charge in [-0.15, -0.1) is 0 Å². The van der Waals surface area contributed by atoms with Crippen LogP contribution in [0, 0.1) is 0 Å². The topological polar surface area (TPSA) is 75.2 Å². The van der Waals surface area contributed by atoms with Gasteiger partial charge in [0.15, 0.2) is 9.84 Å². The quantitative estimate of drug-likeness (QED) is 0.888. The van der Waals surface area contributed by atoms with E-state index < -0.39 is 9.84 Å². The second-order valence-corrected chi connectivity index (χ2v) is 7.69. The monoisotopic (exact) mass is 312 g/mol. The van der Waals surface area contributed by atoms with E-state index in [1.54, 1.807) is 0 Å². The third kappa shape index (κ3) is 4.06. The minimum atomic E-state index is -2.91. The molecule has 1 aromatic heterocycles. The van der Waals surface area contributed by atoms with E-state index in [2.05, 4.69) is 27.1 Å². The molecule has 0 bridgehead atoms. The molecule has 6 nitrogen and oxygen atoms in total. The molecule has 0 saturated carbocycles. The van der Waals surface area contributed by atoms with Crippen molar-refractivity contribution >= 4 is 21.5 Å². The van der Waals surface area contributed by atoms with Crippen LogP contribution in [0.25, 0.3) is 0 Å². The van der Waals surface area contributed by atoms with Crippen molar-refractivity contribution in [2.45, 2.75) is 39.7 Å². The van der Waals surface area contributed by atoms with Gasteiger partial charge in [0, 0.05) is 31.6 Å². The van der Waals surface area contributed by atoms with E-state index in [0.717, 1.165) is 36.8 Å². The smallest absolute Gasteiger partial charge is 0.154 e. The van der Waals surface area contributed by atoms with E-state index >= 15 is 0 Å². The number of anilines is 2. The van der Waals surface area contributed by atoms with E-state index in [0.29, 0.717) is 6.54 Å². The Bertz CT molecular complexity index is 564. The first-order chi connectivity index (χ1) is 9.95. The standard InChI is InChI=1S/C14H24N4O2S/c1-4-6-12-16-13(15-5-2)9-14(17-12)18-7-8-21(19,20)10-11(18)3/h9,11H,4-8,10H2,1-3H3,(H,15,16,17). The highest BCUT2D eigenvalue weighted by atomic mass is 32.2. The molecule has 118 valence electrons. The first-order valence-electron chi connectivity index (χ1n) is 7.54. The van der Waals surface area contributed by atoms with Crippen LogP contribution >= 0.6 is 0 Å². The van der Waals surface area contributed by atoms with Crippen LogP contribution in [-0.4, -0.2) is 49.0 Å². The van der Waals surface area contributed by atoms with Gasteiger partial charge in [-0.25, -0.2) is 18.4 Å². The average Bonchev–Trinajstić information content (AvgIpc) is 2.38. The molecular weight excluding hydrogens is 288 g/mol. The summed E-state index contributed by atoms with van der Waals surface area (Å²) in [6.07, 6.45) is 1.81. The summed E-state index contributed by atoms with van der Waals surface area (Å²) < 4.78 is 23.4. The fourth-order valence-electron chi connectivity index (χ4n) is 2.58. The van der Waals surface area contributed by atoms with Gasteiger partial charge < -0.3 is 10.2 Å².